The van der Waals surface area contributed by atoms with E-state index in [1.165, 1.54) is 70.6 Å². The van der Waals surface area contributed by atoms with Crippen LogP contribution in [0.4, 0.5) is 0 Å². The monoisotopic (exact) mass is 806 g/mol. The second kappa shape index (κ2) is 39.8. The lowest BCUT2D eigenvalue weighted by atomic mass is 10.0. The SMILES string of the molecule is CC/C=C\C/C=C\C/C=C\C/C=C\C/C=C\C/C=C\CCCCC(=O)OC(COCCCCCCCCCCCCCCC)COP(=O)([O-])OCC[N+](C)(C)C. The van der Waals surface area contributed by atoms with Crippen LogP contribution in [0, 0.1) is 0 Å². The van der Waals surface area contributed by atoms with Gasteiger partial charge in [0, 0.05) is 13.0 Å². The first-order valence-electron chi connectivity index (χ1n) is 22.2. The first-order valence-corrected chi connectivity index (χ1v) is 23.6. The minimum Gasteiger partial charge on any atom is -0.756 e. The van der Waals surface area contributed by atoms with Crippen molar-refractivity contribution >= 4 is 13.8 Å². The van der Waals surface area contributed by atoms with Crippen molar-refractivity contribution in [2.45, 2.75) is 168 Å². The molecule has 0 aromatic rings. The van der Waals surface area contributed by atoms with Gasteiger partial charge in [0.2, 0.25) is 0 Å². The lowest BCUT2D eigenvalue weighted by Gasteiger charge is -2.28. The van der Waals surface area contributed by atoms with Crippen LogP contribution in [0.1, 0.15) is 162 Å². The third kappa shape index (κ3) is 43.1. The summed E-state index contributed by atoms with van der Waals surface area (Å²) < 4.78 is 34.5. The highest BCUT2D eigenvalue weighted by atomic mass is 31.2. The Morgan fingerprint density at radius 1 is 0.571 bits per heavy atom. The molecule has 0 saturated carbocycles. The lowest BCUT2D eigenvalue weighted by Crippen LogP contribution is -2.37. The van der Waals surface area contributed by atoms with Gasteiger partial charge in [0.25, 0.3) is 7.82 Å². The highest BCUT2D eigenvalue weighted by molar-refractivity contribution is 7.45. The Kier molecular flexibility index (Phi) is 38.3. The number of carbonyl (C=O) groups excluding carboxylic acids is 1. The van der Waals surface area contributed by atoms with E-state index < -0.39 is 13.9 Å². The van der Waals surface area contributed by atoms with Gasteiger partial charge < -0.3 is 27.9 Å². The smallest absolute Gasteiger partial charge is 0.306 e. The summed E-state index contributed by atoms with van der Waals surface area (Å²) in [6, 6.07) is 0. The highest BCUT2D eigenvalue weighted by Gasteiger charge is 2.20. The molecule has 0 amide bonds. The van der Waals surface area contributed by atoms with E-state index in [-0.39, 0.29) is 32.2 Å². The zero-order valence-electron chi connectivity index (χ0n) is 36.6. The van der Waals surface area contributed by atoms with Gasteiger partial charge in [0.15, 0.2) is 0 Å². The van der Waals surface area contributed by atoms with Crippen molar-refractivity contribution in [3.63, 3.8) is 0 Å². The van der Waals surface area contributed by atoms with Crippen LogP contribution in [0.2, 0.25) is 0 Å². The fourth-order valence-corrected chi connectivity index (χ4v) is 6.34. The number of ether oxygens (including phenoxy) is 2. The second-order valence-electron chi connectivity index (χ2n) is 15.7. The van der Waals surface area contributed by atoms with E-state index in [9.17, 15) is 14.3 Å². The van der Waals surface area contributed by atoms with Gasteiger partial charge >= 0.3 is 5.97 Å². The standard InChI is InChI=1S/C47H84NO7P/c1-6-8-10-12-14-16-18-20-21-22-23-24-25-26-27-28-30-32-34-36-38-40-47(49)55-46(45-54-56(50,51)53-43-41-48(3,4)5)44-52-42-39-37-35-33-31-29-19-17-15-13-11-9-7-2/h8,10,14,16,20-21,23-24,26-27,30,32,46H,6-7,9,11-13,15,17-19,22,25,28-29,31,33-45H2,1-5H3/b10-8-,16-14-,21-20-,24-23-,27-26-,32-30-. The number of phosphoric ester groups is 1. The maximum absolute atomic E-state index is 12.7. The molecule has 9 heteroatoms. The Bertz CT molecular complexity index is 1120. The Hall–Kier alpha value is -2.06. The molecule has 0 radical (unpaired) electrons. The Morgan fingerprint density at radius 3 is 1.52 bits per heavy atom. The van der Waals surface area contributed by atoms with Gasteiger partial charge in [-0.1, -0.05) is 164 Å². The molecular weight excluding hydrogens is 721 g/mol. The molecule has 2 atom stereocenters. The van der Waals surface area contributed by atoms with Crippen molar-refractivity contribution in [3.05, 3.63) is 72.9 Å². The van der Waals surface area contributed by atoms with Crippen LogP contribution in [-0.2, 0) is 27.9 Å². The molecule has 0 saturated heterocycles. The third-order valence-electron chi connectivity index (χ3n) is 9.02. The van der Waals surface area contributed by atoms with Gasteiger partial charge in [-0.25, -0.2) is 0 Å². The zero-order chi connectivity index (χ0) is 41.3. The Balaban J connectivity index is 4.33. The van der Waals surface area contributed by atoms with Gasteiger partial charge in [-0.3, -0.25) is 9.36 Å². The van der Waals surface area contributed by atoms with Gasteiger partial charge in [-0.15, -0.1) is 0 Å². The van der Waals surface area contributed by atoms with Crippen molar-refractivity contribution in [3.8, 4) is 0 Å². The number of likely N-dealkylation sites (N-methyl/N-ethyl adjacent to an activating group) is 1. The predicted octanol–water partition coefficient (Wildman–Crippen LogP) is 12.5. The summed E-state index contributed by atoms with van der Waals surface area (Å²) in [6.45, 7) is 5.23. The number of quaternary nitrogens is 1. The molecule has 56 heavy (non-hydrogen) atoms. The van der Waals surface area contributed by atoms with Crippen molar-refractivity contribution in [2.75, 3.05) is 54.1 Å². The van der Waals surface area contributed by atoms with Crippen LogP contribution >= 0.6 is 7.82 Å². The van der Waals surface area contributed by atoms with E-state index in [4.69, 9.17) is 18.5 Å². The largest absolute Gasteiger partial charge is 0.756 e. The molecule has 0 aliphatic rings. The van der Waals surface area contributed by atoms with Crippen LogP contribution in [-0.4, -0.2) is 70.7 Å². The van der Waals surface area contributed by atoms with Gasteiger partial charge in [0.05, 0.1) is 34.4 Å². The number of hydrogen-bond acceptors (Lipinski definition) is 7. The molecule has 0 rings (SSSR count). The van der Waals surface area contributed by atoms with Crippen LogP contribution in [0.15, 0.2) is 72.9 Å². The molecule has 324 valence electrons. The summed E-state index contributed by atoms with van der Waals surface area (Å²) >= 11 is 0. The Morgan fingerprint density at radius 2 is 1.04 bits per heavy atom. The van der Waals surface area contributed by atoms with Crippen molar-refractivity contribution < 1.29 is 37.3 Å². The third-order valence-corrected chi connectivity index (χ3v) is 9.99. The molecule has 0 aliphatic carbocycles. The minimum atomic E-state index is -4.54. The minimum absolute atomic E-state index is 0.0149. The maximum atomic E-state index is 12.7. The zero-order valence-corrected chi connectivity index (χ0v) is 37.5. The van der Waals surface area contributed by atoms with Crippen LogP contribution in [0.25, 0.3) is 0 Å². The van der Waals surface area contributed by atoms with E-state index in [0.29, 0.717) is 24.1 Å². The van der Waals surface area contributed by atoms with Crippen molar-refractivity contribution in [1.82, 2.24) is 0 Å². The number of allylic oxidation sites excluding steroid dienone is 12. The van der Waals surface area contributed by atoms with Crippen molar-refractivity contribution in [2.24, 2.45) is 0 Å². The summed E-state index contributed by atoms with van der Waals surface area (Å²) in [5.41, 5.74) is 0. The fourth-order valence-electron chi connectivity index (χ4n) is 5.61. The molecule has 8 nitrogen and oxygen atoms in total. The van der Waals surface area contributed by atoms with Gasteiger partial charge in [-0.2, -0.15) is 0 Å². The highest BCUT2D eigenvalue weighted by Crippen LogP contribution is 2.38. The topological polar surface area (TPSA) is 94.1 Å². The average molecular weight is 806 g/mol. The summed E-state index contributed by atoms with van der Waals surface area (Å²) in [4.78, 5) is 25.0. The first-order chi connectivity index (χ1) is 27.1. The van der Waals surface area contributed by atoms with E-state index in [0.717, 1.165) is 64.2 Å². The maximum Gasteiger partial charge on any atom is 0.306 e. The summed E-state index contributed by atoms with van der Waals surface area (Å²) in [5.74, 6) is -0.377. The molecule has 0 heterocycles. The fraction of sp³-hybridized carbons (Fsp3) is 0.723. The number of nitrogens with zero attached hydrogens (tertiary/aromatic N) is 1. The number of carbonyl (C=O) groups is 1. The summed E-state index contributed by atoms with van der Waals surface area (Å²) in [5, 5.41) is 0. The van der Waals surface area contributed by atoms with Gasteiger partial charge in [0.1, 0.15) is 19.3 Å². The normalized spacial score (nSPS) is 14.5. The molecule has 0 aliphatic heterocycles. The lowest BCUT2D eigenvalue weighted by molar-refractivity contribution is -0.870. The molecule has 2 unspecified atom stereocenters. The number of rotatable bonds is 40. The molecule has 0 spiro atoms. The number of esters is 1. The van der Waals surface area contributed by atoms with Gasteiger partial charge in [-0.05, 0) is 64.2 Å². The number of hydrogen-bond donors (Lipinski definition) is 0. The quantitative estimate of drug-likeness (QED) is 0.0200. The summed E-state index contributed by atoms with van der Waals surface area (Å²) in [7, 11) is 1.32. The molecule has 0 N–H and O–H groups in total. The molecule has 0 aromatic carbocycles. The van der Waals surface area contributed by atoms with E-state index in [1.807, 2.05) is 21.1 Å². The molecule has 0 fully saturated rings. The summed E-state index contributed by atoms with van der Waals surface area (Å²) in [6.07, 6.45) is 50.6. The van der Waals surface area contributed by atoms with E-state index >= 15 is 0 Å². The number of phosphoric acid groups is 1. The average Bonchev–Trinajstić information content (AvgIpc) is 3.15. The van der Waals surface area contributed by atoms with Crippen LogP contribution in [0.3, 0.4) is 0 Å². The molecule has 0 bridgehead atoms. The molecule has 0 aromatic heterocycles. The van der Waals surface area contributed by atoms with Crippen LogP contribution < -0.4 is 4.89 Å². The second-order valence-corrected chi connectivity index (χ2v) is 17.1. The predicted molar refractivity (Wildman–Crippen MR) is 235 cm³/mol. The van der Waals surface area contributed by atoms with E-state index in [1.54, 1.807) is 0 Å². The van der Waals surface area contributed by atoms with Crippen molar-refractivity contribution in [1.29, 1.82) is 0 Å². The number of unbranched alkanes of at least 4 members (excludes halogenated alkanes) is 14. The van der Waals surface area contributed by atoms with E-state index in [2.05, 4.69) is 86.8 Å². The first kappa shape index (κ1) is 53.9. The Labute approximate surface area is 344 Å². The molecular formula is C47H84NO7P. The van der Waals surface area contributed by atoms with Crippen LogP contribution in [0.5, 0.6) is 0 Å².